The van der Waals surface area contributed by atoms with Gasteiger partial charge >= 0.3 is 5.97 Å². The molecule has 1 N–H and O–H groups in total. The number of thioether (sulfide) groups is 1. The van der Waals surface area contributed by atoms with Crippen LogP contribution in [0.25, 0.3) is 11.0 Å². The molecule has 94 valence electrons. The topological polar surface area (TPSA) is 63.1 Å². The Hall–Kier alpha value is -1.14. The highest BCUT2D eigenvalue weighted by molar-refractivity contribution is 9.10. The number of hydrogen-bond acceptors (Lipinski definition) is 4. The summed E-state index contributed by atoms with van der Waals surface area (Å²) in [5.41, 5.74) is 1.47. The van der Waals surface area contributed by atoms with Gasteiger partial charge in [0, 0.05) is 21.8 Å². The fourth-order valence-electron chi connectivity index (χ4n) is 1.38. The highest BCUT2D eigenvalue weighted by Gasteiger charge is 2.29. The average Bonchev–Trinajstić information content (AvgIpc) is 2.28. The van der Waals surface area contributed by atoms with Crippen molar-refractivity contribution in [2.24, 2.45) is 0 Å². The minimum atomic E-state index is -0.900. The van der Waals surface area contributed by atoms with Crippen LogP contribution < -0.4 is 0 Å². The lowest BCUT2D eigenvalue weighted by molar-refractivity contribution is -0.138. The van der Waals surface area contributed by atoms with Gasteiger partial charge in [-0.05, 0) is 41.9 Å². The van der Waals surface area contributed by atoms with Crippen molar-refractivity contribution in [2.45, 2.75) is 23.5 Å². The number of hydrogen-bond donors (Lipinski definition) is 1. The molecule has 2 heterocycles. The lowest BCUT2D eigenvalue weighted by Crippen LogP contribution is -2.26. The molecule has 2 aromatic heterocycles. The zero-order valence-electron chi connectivity index (χ0n) is 9.85. The van der Waals surface area contributed by atoms with E-state index in [1.54, 1.807) is 32.3 Å². The van der Waals surface area contributed by atoms with E-state index in [1.165, 1.54) is 11.8 Å². The highest BCUT2D eigenvalue weighted by atomic mass is 79.9. The van der Waals surface area contributed by atoms with Crippen LogP contribution in [-0.2, 0) is 4.79 Å². The maximum atomic E-state index is 11.2. The van der Waals surface area contributed by atoms with Gasteiger partial charge in [0.05, 0.1) is 5.52 Å². The molecule has 2 aromatic rings. The second-order valence-electron chi connectivity index (χ2n) is 4.25. The summed E-state index contributed by atoms with van der Waals surface area (Å²) in [7, 11) is 0. The zero-order chi connectivity index (χ0) is 13.3. The van der Waals surface area contributed by atoms with Crippen LogP contribution in [0, 0.1) is 0 Å². The Labute approximate surface area is 117 Å². The molecular weight excluding hydrogens is 316 g/mol. The maximum absolute atomic E-state index is 11.2. The number of carboxylic acid groups (broad SMARTS) is 1. The molecular formula is C12H11BrN2O2S. The summed E-state index contributed by atoms with van der Waals surface area (Å²) in [5, 5.41) is 9.15. The van der Waals surface area contributed by atoms with E-state index in [2.05, 4.69) is 25.9 Å². The molecule has 18 heavy (non-hydrogen) atoms. The number of halogens is 1. The summed E-state index contributed by atoms with van der Waals surface area (Å²) >= 11 is 4.61. The minimum absolute atomic E-state index is 0.722. The lowest BCUT2D eigenvalue weighted by Gasteiger charge is -2.18. The van der Waals surface area contributed by atoms with Crippen molar-refractivity contribution >= 4 is 44.7 Å². The summed E-state index contributed by atoms with van der Waals surface area (Å²) in [4.78, 5) is 20.5. The van der Waals surface area contributed by atoms with E-state index in [-0.39, 0.29) is 0 Å². The largest absolute Gasteiger partial charge is 0.480 e. The summed E-state index contributed by atoms with van der Waals surface area (Å²) in [6, 6.07) is 3.65. The van der Waals surface area contributed by atoms with Crippen LogP contribution in [0.15, 0.2) is 33.9 Å². The van der Waals surface area contributed by atoms with Gasteiger partial charge in [-0.3, -0.25) is 14.8 Å². The Bertz CT molecular complexity index is 616. The van der Waals surface area contributed by atoms with Crippen LogP contribution in [0.5, 0.6) is 0 Å². The first-order chi connectivity index (χ1) is 8.40. The van der Waals surface area contributed by atoms with Crippen molar-refractivity contribution < 1.29 is 9.90 Å². The van der Waals surface area contributed by atoms with Crippen molar-refractivity contribution in [1.82, 2.24) is 9.97 Å². The quantitative estimate of drug-likeness (QED) is 0.876. The third-order valence-electron chi connectivity index (χ3n) is 2.39. The summed E-state index contributed by atoms with van der Waals surface area (Å²) in [5.74, 6) is -0.852. The smallest absolute Gasteiger partial charge is 0.319 e. The first-order valence-corrected chi connectivity index (χ1v) is 6.84. The number of pyridine rings is 2. The van der Waals surface area contributed by atoms with Crippen LogP contribution in [0.4, 0.5) is 0 Å². The van der Waals surface area contributed by atoms with Gasteiger partial charge in [0.15, 0.2) is 0 Å². The molecule has 0 aromatic carbocycles. The average molecular weight is 327 g/mol. The van der Waals surface area contributed by atoms with E-state index in [0.717, 1.165) is 20.4 Å². The Kier molecular flexibility index (Phi) is 3.59. The molecule has 0 unspecified atom stereocenters. The second kappa shape index (κ2) is 4.85. The van der Waals surface area contributed by atoms with Gasteiger partial charge in [0.25, 0.3) is 0 Å². The van der Waals surface area contributed by atoms with E-state index in [0.29, 0.717) is 0 Å². The molecule has 0 spiro atoms. The predicted molar refractivity (Wildman–Crippen MR) is 74.8 cm³/mol. The summed E-state index contributed by atoms with van der Waals surface area (Å²) in [6.45, 7) is 3.34. The van der Waals surface area contributed by atoms with Crippen LogP contribution in [0.1, 0.15) is 13.8 Å². The molecule has 2 rings (SSSR count). The standard InChI is InChI=1S/C12H11BrN2O2S/c1-12(2,11(16)17)18-9-3-4-14-8-5-7(13)6-15-10(8)9/h3-6H,1-2H3,(H,16,17). The third-order valence-corrected chi connectivity index (χ3v) is 4.06. The zero-order valence-corrected chi connectivity index (χ0v) is 12.2. The van der Waals surface area contributed by atoms with Gasteiger partial charge in [-0.1, -0.05) is 0 Å². The van der Waals surface area contributed by atoms with Crippen LogP contribution >= 0.6 is 27.7 Å². The van der Waals surface area contributed by atoms with Gasteiger partial charge in [0.2, 0.25) is 0 Å². The number of carbonyl (C=O) groups is 1. The molecule has 0 amide bonds. The summed E-state index contributed by atoms with van der Waals surface area (Å²) < 4.78 is -0.0506. The molecule has 4 nitrogen and oxygen atoms in total. The third kappa shape index (κ3) is 2.64. The van der Waals surface area contributed by atoms with Crippen molar-refractivity contribution in [3.05, 3.63) is 29.0 Å². The molecule has 0 radical (unpaired) electrons. The molecule has 0 atom stereocenters. The van der Waals surface area contributed by atoms with Gasteiger partial charge in [-0.25, -0.2) is 0 Å². The van der Waals surface area contributed by atoms with Crippen LogP contribution in [0.3, 0.4) is 0 Å². The van der Waals surface area contributed by atoms with E-state index < -0.39 is 10.7 Å². The van der Waals surface area contributed by atoms with Crippen molar-refractivity contribution in [1.29, 1.82) is 0 Å². The van der Waals surface area contributed by atoms with Crippen LogP contribution in [0.2, 0.25) is 0 Å². The van der Waals surface area contributed by atoms with Gasteiger partial charge in [0.1, 0.15) is 10.3 Å². The molecule has 0 aliphatic carbocycles. The van der Waals surface area contributed by atoms with E-state index in [1.807, 2.05) is 6.07 Å². The fraction of sp³-hybridized carbons (Fsp3) is 0.250. The first-order valence-electron chi connectivity index (χ1n) is 5.23. The van der Waals surface area contributed by atoms with E-state index in [4.69, 9.17) is 5.11 Å². The molecule has 0 fully saturated rings. The molecule has 0 bridgehead atoms. The number of carboxylic acids is 1. The number of aliphatic carboxylic acids is 1. The minimum Gasteiger partial charge on any atom is -0.480 e. The normalized spacial score (nSPS) is 11.7. The Balaban J connectivity index is 2.49. The highest BCUT2D eigenvalue weighted by Crippen LogP contribution is 2.36. The monoisotopic (exact) mass is 326 g/mol. The van der Waals surface area contributed by atoms with Crippen molar-refractivity contribution in [3.63, 3.8) is 0 Å². The van der Waals surface area contributed by atoms with Gasteiger partial charge in [-0.2, -0.15) is 0 Å². The van der Waals surface area contributed by atoms with E-state index in [9.17, 15) is 4.79 Å². The number of nitrogens with zero attached hydrogens (tertiary/aromatic N) is 2. The fourth-order valence-corrected chi connectivity index (χ4v) is 2.72. The lowest BCUT2D eigenvalue weighted by atomic mass is 10.2. The summed E-state index contributed by atoms with van der Waals surface area (Å²) in [6.07, 6.45) is 3.35. The number of fused-ring (bicyclic) bond motifs is 1. The molecule has 0 aliphatic heterocycles. The number of rotatable bonds is 3. The van der Waals surface area contributed by atoms with E-state index >= 15 is 0 Å². The Morgan fingerprint density at radius 2 is 2.17 bits per heavy atom. The Morgan fingerprint density at radius 1 is 1.44 bits per heavy atom. The first kappa shape index (κ1) is 13.3. The Morgan fingerprint density at radius 3 is 2.83 bits per heavy atom. The molecule has 6 heteroatoms. The van der Waals surface area contributed by atoms with Crippen LogP contribution in [-0.4, -0.2) is 25.8 Å². The molecule has 0 saturated heterocycles. The van der Waals surface area contributed by atoms with Gasteiger partial charge < -0.3 is 5.11 Å². The molecule has 0 saturated carbocycles. The second-order valence-corrected chi connectivity index (χ2v) is 6.83. The van der Waals surface area contributed by atoms with Gasteiger partial charge in [-0.15, -0.1) is 11.8 Å². The molecule has 0 aliphatic rings. The maximum Gasteiger partial charge on any atom is 0.319 e. The SMILES string of the molecule is CC(C)(Sc1ccnc2cc(Br)cnc12)C(=O)O. The number of aromatic nitrogens is 2. The van der Waals surface area contributed by atoms with Crippen molar-refractivity contribution in [2.75, 3.05) is 0 Å². The predicted octanol–water partition coefficient (Wildman–Crippen LogP) is 3.35. The van der Waals surface area contributed by atoms with Crippen molar-refractivity contribution in [3.8, 4) is 0 Å².